The first kappa shape index (κ1) is 39.7. The number of carbonyl (C=O) groups is 4. The first-order valence-corrected chi connectivity index (χ1v) is 13.7. The number of allylic oxidation sites excluding steroid dienone is 3. The van der Waals surface area contributed by atoms with E-state index in [0.29, 0.717) is 30.6 Å². The lowest BCUT2D eigenvalue weighted by Crippen LogP contribution is -1.98. The Balaban J connectivity index is 0.000000607. The Kier molecular flexibility index (Phi) is 21.3. The molecule has 0 bridgehead atoms. The number of esters is 2. The Morgan fingerprint density at radius 2 is 1.00 bits per heavy atom. The van der Waals surface area contributed by atoms with Crippen molar-refractivity contribution in [1.82, 2.24) is 0 Å². The molecule has 6 nitrogen and oxygen atoms in total. The zero-order valence-electron chi connectivity index (χ0n) is 25.7. The van der Waals surface area contributed by atoms with Gasteiger partial charge in [0, 0.05) is 17.7 Å². The van der Waals surface area contributed by atoms with Crippen LogP contribution < -0.4 is 0 Å². The number of carbonyl (C=O) groups excluding carboxylic acids is 4. The minimum atomic E-state index is -0.362. The highest BCUT2D eigenvalue weighted by molar-refractivity contribution is 5.83. The van der Waals surface area contributed by atoms with Gasteiger partial charge in [0.25, 0.3) is 0 Å². The van der Waals surface area contributed by atoms with E-state index in [-0.39, 0.29) is 29.4 Å². The number of aldehydes is 2. The number of benzene rings is 3. The van der Waals surface area contributed by atoms with Crippen LogP contribution in [0, 0.1) is 17.5 Å². The first-order chi connectivity index (χ1) is 21.5. The fourth-order valence-corrected chi connectivity index (χ4v) is 2.86. The van der Waals surface area contributed by atoms with Crippen LogP contribution in [0.5, 0.6) is 0 Å². The molecular formula is C36H37F3O6. The van der Waals surface area contributed by atoms with E-state index >= 15 is 0 Å². The lowest BCUT2D eigenvalue weighted by Gasteiger charge is -1.97. The lowest BCUT2D eigenvalue weighted by atomic mass is 10.1. The lowest BCUT2D eigenvalue weighted by molar-refractivity contribution is -0.138. The average Bonchev–Trinajstić information content (AvgIpc) is 3.04. The third-order valence-corrected chi connectivity index (χ3v) is 4.94. The van der Waals surface area contributed by atoms with Crippen LogP contribution in [0.3, 0.4) is 0 Å². The van der Waals surface area contributed by atoms with Crippen molar-refractivity contribution in [1.29, 1.82) is 0 Å². The summed E-state index contributed by atoms with van der Waals surface area (Å²) in [6.07, 6.45) is 9.19. The van der Waals surface area contributed by atoms with Gasteiger partial charge < -0.3 is 9.47 Å². The van der Waals surface area contributed by atoms with Gasteiger partial charge in [-0.2, -0.15) is 0 Å². The normalized spacial score (nSPS) is 10.5. The monoisotopic (exact) mass is 622 g/mol. The van der Waals surface area contributed by atoms with Gasteiger partial charge in [0.1, 0.15) is 30.0 Å². The second-order valence-electron chi connectivity index (χ2n) is 8.71. The van der Waals surface area contributed by atoms with E-state index in [1.165, 1.54) is 54.6 Å². The number of rotatable bonds is 9. The molecule has 3 rings (SSSR count). The fourth-order valence-electron chi connectivity index (χ4n) is 2.86. The molecule has 0 spiro atoms. The Morgan fingerprint density at radius 1 is 0.622 bits per heavy atom. The third-order valence-electron chi connectivity index (χ3n) is 4.94. The van der Waals surface area contributed by atoms with Crippen molar-refractivity contribution in [3.05, 3.63) is 143 Å². The second kappa shape index (κ2) is 24.2. The topological polar surface area (TPSA) is 86.7 Å². The maximum absolute atomic E-state index is 12.7. The van der Waals surface area contributed by atoms with Crippen LogP contribution in [-0.4, -0.2) is 37.7 Å². The summed E-state index contributed by atoms with van der Waals surface area (Å²) in [5.41, 5.74) is 3.74. The van der Waals surface area contributed by atoms with Crippen LogP contribution >= 0.6 is 0 Å². The Bertz CT molecular complexity index is 1420. The predicted molar refractivity (Wildman–Crippen MR) is 171 cm³/mol. The van der Waals surface area contributed by atoms with Crippen molar-refractivity contribution in [2.75, 3.05) is 13.2 Å². The van der Waals surface area contributed by atoms with Crippen molar-refractivity contribution < 1.29 is 41.8 Å². The Hall–Kier alpha value is -5.31. The van der Waals surface area contributed by atoms with Gasteiger partial charge in [-0.3, -0.25) is 9.59 Å². The van der Waals surface area contributed by atoms with Crippen molar-refractivity contribution in [3.63, 3.8) is 0 Å². The molecule has 0 saturated heterocycles. The number of ether oxygens (including phenoxy) is 2. The molecule has 3 aromatic rings. The van der Waals surface area contributed by atoms with Crippen molar-refractivity contribution >= 4 is 36.7 Å². The SMILES string of the molecule is C/C(C=O)=C\c1ccc(F)cc1.C=CC(=O)OCC.CCOC(=O)/C=C/C(C)=C/c1ccc(F)cc1.O=Cc1ccc(F)cc1. The summed E-state index contributed by atoms with van der Waals surface area (Å²) >= 11 is 0. The summed E-state index contributed by atoms with van der Waals surface area (Å²) < 4.78 is 46.4. The van der Waals surface area contributed by atoms with E-state index in [4.69, 9.17) is 4.74 Å². The molecule has 0 aromatic heterocycles. The number of halogens is 3. The van der Waals surface area contributed by atoms with Gasteiger partial charge in [0.15, 0.2) is 0 Å². The standard InChI is InChI=1S/C14H15FO2.C10H9FO.C7H5FO.C5H8O2/c1-3-17-14(16)9-4-11(2)10-12-5-7-13(15)8-6-12;1-8(7-12)6-9-2-4-10(11)5-3-9;8-7-3-1-6(5-9)2-4-7;1-3-5(6)7-4-2/h4-10H,3H2,1-2H3;2-7H,1H3;1-5H;3H,1,4H2,2H3/b9-4+,11-10+;8-6+;;. The molecular weight excluding hydrogens is 585 g/mol. The van der Waals surface area contributed by atoms with Gasteiger partial charge in [-0.15, -0.1) is 0 Å². The molecule has 0 fully saturated rings. The quantitative estimate of drug-likeness (QED) is 0.104. The van der Waals surface area contributed by atoms with Crippen molar-refractivity contribution in [2.45, 2.75) is 27.7 Å². The minimum Gasteiger partial charge on any atom is -0.463 e. The largest absolute Gasteiger partial charge is 0.463 e. The first-order valence-electron chi connectivity index (χ1n) is 13.7. The smallest absolute Gasteiger partial charge is 0.330 e. The molecule has 0 unspecified atom stereocenters. The van der Waals surface area contributed by atoms with Crippen LogP contribution in [0.4, 0.5) is 13.2 Å². The third kappa shape index (κ3) is 21.1. The van der Waals surface area contributed by atoms with E-state index in [0.717, 1.165) is 29.1 Å². The summed E-state index contributed by atoms with van der Waals surface area (Å²) in [5, 5.41) is 0. The summed E-state index contributed by atoms with van der Waals surface area (Å²) in [6, 6.07) is 17.5. The predicted octanol–water partition coefficient (Wildman–Crippen LogP) is 8.15. The van der Waals surface area contributed by atoms with Crippen molar-refractivity contribution in [3.8, 4) is 0 Å². The maximum Gasteiger partial charge on any atom is 0.330 e. The van der Waals surface area contributed by atoms with Crippen LogP contribution in [0.15, 0.2) is 109 Å². The second-order valence-corrected chi connectivity index (χ2v) is 8.71. The van der Waals surface area contributed by atoms with E-state index < -0.39 is 0 Å². The van der Waals surface area contributed by atoms with Crippen molar-refractivity contribution in [2.24, 2.45) is 0 Å². The maximum atomic E-state index is 12.7. The molecule has 0 N–H and O–H groups in total. The summed E-state index contributed by atoms with van der Waals surface area (Å²) in [6.45, 7) is 11.1. The summed E-state index contributed by atoms with van der Waals surface area (Å²) in [4.78, 5) is 41.4. The average molecular weight is 623 g/mol. The van der Waals surface area contributed by atoms with Gasteiger partial charge in [0.05, 0.1) is 13.2 Å². The molecule has 9 heteroatoms. The molecule has 238 valence electrons. The van der Waals surface area contributed by atoms with Crippen LogP contribution in [0.25, 0.3) is 12.2 Å². The summed E-state index contributed by atoms with van der Waals surface area (Å²) in [5.74, 6) is -1.57. The van der Waals surface area contributed by atoms with E-state index in [2.05, 4.69) is 11.3 Å². The Morgan fingerprint density at radius 3 is 1.33 bits per heavy atom. The zero-order valence-corrected chi connectivity index (χ0v) is 25.7. The molecule has 0 saturated carbocycles. The van der Waals surface area contributed by atoms with Crippen LogP contribution in [0.2, 0.25) is 0 Å². The highest BCUT2D eigenvalue weighted by atomic mass is 19.1. The van der Waals surface area contributed by atoms with Gasteiger partial charge >= 0.3 is 11.9 Å². The molecule has 0 aliphatic rings. The molecule has 0 heterocycles. The molecule has 0 radical (unpaired) electrons. The molecule has 0 aliphatic heterocycles. The molecule has 45 heavy (non-hydrogen) atoms. The number of hydrogen-bond acceptors (Lipinski definition) is 6. The van der Waals surface area contributed by atoms with Gasteiger partial charge in [-0.05, 0) is 99.0 Å². The van der Waals surface area contributed by atoms with E-state index in [9.17, 15) is 32.3 Å². The minimum absolute atomic E-state index is 0.262. The van der Waals surface area contributed by atoms with Gasteiger partial charge in [-0.1, -0.05) is 48.6 Å². The van der Waals surface area contributed by atoms with Crippen LogP contribution in [-0.2, 0) is 23.9 Å². The zero-order chi connectivity index (χ0) is 34.0. The highest BCUT2D eigenvalue weighted by Gasteiger charge is 1.95. The van der Waals surface area contributed by atoms with Crippen LogP contribution in [0.1, 0.15) is 49.2 Å². The summed E-state index contributed by atoms with van der Waals surface area (Å²) in [7, 11) is 0. The molecule has 0 amide bonds. The van der Waals surface area contributed by atoms with E-state index in [1.807, 2.05) is 13.0 Å². The molecule has 0 aliphatic carbocycles. The molecule has 3 aromatic carbocycles. The Labute approximate surface area is 262 Å². The van der Waals surface area contributed by atoms with Gasteiger partial charge in [-0.25, -0.2) is 22.8 Å². The highest BCUT2D eigenvalue weighted by Crippen LogP contribution is 2.09. The van der Waals surface area contributed by atoms with E-state index in [1.54, 1.807) is 57.2 Å². The van der Waals surface area contributed by atoms with Gasteiger partial charge in [0.2, 0.25) is 0 Å². The molecule has 0 atom stereocenters. The number of hydrogen-bond donors (Lipinski definition) is 0. The fraction of sp³-hybridized carbons (Fsp3) is 0.167.